The number of hydrogen-bond acceptors (Lipinski definition) is 4. The molecule has 0 aromatic heterocycles. The smallest absolute Gasteiger partial charge is 0.329 e. The number of halogens is 2. The van der Waals surface area contributed by atoms with Crippen LogP contribution in [0, 0.1) is 27.3 Å². The van der Waals surface area contributed by atoms with Gasteiger partial charge in [0.1, 0.15) is 23.2 Å². The van der Waals surface area contributed by atoms with Crippen LogP contribution in [0.15, 0.2) is 40.9 Å². The van der Waals surface area contributed by atoms with Crippen LogP contribution in [0.5, 0.6) is 11.5 Å². The van der Waals surface area contributed by atoms with Crippen molar-refractivity contribution >= 4 is 21.6 Å². The van der Waals surface area contributed by atoms with E-state index in [2.05, 4.69) is 15.9 Å². The Bertz CT molecular complexity index is 728. The zero-order chi connectivity index (χ0) is 14.7. The molecule has 0 fully saturated rings. The fourth-order valence-corrected chi connectivity index (χ4v) is 1.88. The Morgan fingerprint density at radius 3 is 2.70 bits per heavy atom. The van der Waals surface area contributed by atoms with Gasteiger partial charge in [0.2, 0.25) is 5.75 Å². The van der Waals surface area contributed by atoms with Crippen molar-refractivity contribution in [2.45, 2.75) is 0 Å². The first kappa shape index (κ1) is 14.0. The molecule has 0 saturated heterocycles. The number of nitro groups is 1. The lowest BCUT2D eigenvalue weighted by atomic mass is 10.2. The highest BCUT2D eigenvalue weighted by Crippen LogP contribution is 2.37. The number of nitro benzene ring substituents is 1. The minimum atomic E-state index is -0.707. The van der Waals surface area contributed by atoms with Gasteiger partial charge in [0.05, 0.1) is 9.40 Å². The van der Waals surface area contributed by atoms with Crippen molar-refractivity contribution in [2.75, 3.05) is 0 Å². The van der Waals surface area contributed by atoms with E-state index in [0.717, 1.165) is 6.07 Å². The Kier molecular flexibility index (Phi) is 3.96. The van der Waals surface area contributed by atoms with Gasteiger partial charge in [-0.1, -0.05) is 6.07 Å². The van der Waals surface area contributed by atoms with Gasteiger partial charge < -0.3 is 4.74 Å². The maximum absolute atomic E-state index is 13.2. The van der Waals surface area contributed by atoms with Gasteiger partial charge in [-0.15, -0.1) is 0 Å². The van der Waals surface area contributed by atoms with Crippen molar-refractivity contribution in [2.24, 2.45) is 0 Å². The highest BCUT2D eigenvalue weighted by Gasteiger charge is 2.22. The third-order valence-corrected chi connectivity index (χ3v) is 3.07. The first-order valence-electron chi connectivity index (χ1n) is 5.33. The van der Waals surface area contributed by atoms with E-state index in [4.69, 9.17) is 10.00 Å². The van der Waals surface area contributed by atoms with E-state index in [1.54, 1.807) is 6.07 Å². The summed E-state index contributed by atoms with van der Waals surface area (Å²) in [6, 6.07) is 9.56. The van der Waals surface area contributed by atoms with Gasteiger partial charge in [-0.05, 0) is 40.2 Å². The molecular weight excluding hydrogens is 331 g/mol. The molecule has 0 aliphatic heterocycles. The summed E-state index contributed by atoms with van der Waals surface area (Å²) in [5, 5.41) is 19.9. The third kappa shape index (κ3) is 2.75. The van der Waals surface area contributed by atoms with Crippen LogP contribution in [0.4, 0.5) is 10.1 Å². The van der Waals surface area contributed by atoms with Gasteiger partial charge in [-0.2, -0.15) is 5.26 Å². The minimum Gasteiger partial charge on any atom is -0.449 e. The van der Waals surface area contributed by atoms with Crippen LogP contribution in [0.1, 0.15) is 5.56 Å². The lowest BCUT2D eigenvalue weighted by Gasteiger charge is -2.08. The Labute approximate surface area is 121 Å². The van der Waals surface area contributed by atoms with Gasteiger partial charge in [0.25, 0.3) is 0 Å². The van der Waals surface area contributed by atoms with Crippen molar-refractivity contribution in [1.82, 2.24) is 0 Å². The van der Waals surface area contributed by atoms with Crippen LogP contribution >= 0.6 is 15.9 Å². The number of rotatable bonds is 3. The molecule has 0 radical (unpaired) electrons. The van der Waals surface area contributed by atoms with Crippen LogP contribution < -0.4 is 4.74 Å². The van der Waals surface area contributed by atoms with Crippen molar-refractivity contribution in [1.29, 1.82) is 5.26 Å². The summed E-state index contributed by atoms with van der Waals surface area (Å²) < 4.78 is 19.0. The summed E-state index contributed by atoms with van der Waals surface area (Å²) >= 11 is 3.16. The zero-order valence-electron chi connectivity index (χ0n) is 9.84. The molecule has 0 bridgehead atoms. The average molecular weight is 337 g/mol. The molecular formula is C13H6BrFN2O3. The normalized spacial score (nSPS) is 9.85. The highest BCUT2D eigenvalue weighted by atomic mass is 79.9. The molecule has 0 saturated carbocycles. The van der Waals surface area contributed by atoms with Gasteiger partial charge in [-0.3, -0.25) is 10.1 Å². The predicted octanol–water partition coefficient (Wildman–Crippen LogP) is 4.16. The predicted molar refractivity (Wildman–Crippen MR) is 72.0 cm³/mol. The number of ether oxygens (including phenoxy) is 1. The average Bonchev–Trinajstić information content (AvgIpc) is 2.42. The number of para-hydroxylation sites is 1. The van der Waals surface area contributed by atoms with Gasteiger partial charge in [-0.25, -0.2) is 4.39 Å². The maximum Gasteiger partial charge on any atom is 0.329 e. The second-order valence-electron chi connectivity index (χ2n) is 3.70. The van der Waals surface area contributed by atoms with Crippen LogP contribution in [0.2, 0.25) is 0 Å². The molecule has 7 heteroatoms. The third-order valence-electron chi connectivity index (χ3n) is 2.42. The highest BCUT2D eigenvalue weighted by molar-refractivity contribution is 9.10. The van der Waals surface area contributed by atoms with Crippen LogP contribution in [-0.2, 0) is 0 Å². The fourth-order valence-electron chi connectivity index (χ4n) is 1.56. The summed E-state index contributed by atoms with van der Waals surface area (Å²) in [5.74, 6) is -0.578. The Morgan fingerprint density at radius 2 is 2.05 bits per heavy atom. The molecule has 2 aromatic rings. The molecule has 0 amide bonds. The molecule has 0 atom stereocenters. The summed E-state index contributed by atoms with van der Waals surface area (Å²) in [7, 11) is 0. The van der Waals surface area contributed by atoms with Crippen molar-refractivity contribution < 1.29 is 14.1 Å². The largest absolute Gasteiger partial charge is 0.449 e. The second-order valence-corrected chi connectivity index (χ2v) is 4.55. The van der Waals surface area contributed by atoms with Crippen molar-refractivity contribution in [3.63, 3.8) is 0 Å². The van der Waals surface area contributed by atoms with E-state index in [-0.39, 0.29) is 17.1 Å². The molecule has 0 unspecified atom stereocenters. The van der Waals surface area contributed by atoms with E-state index < -0.39 is 16.4 Å². The van der Waals surface area contributed by atoms with Crippen LogP contribution in [0.3, 0.4) is 0 Å². The number of benzene rings is 2. The molecule has 5 nitrogen and oxygen atoms in total. The Hall–Kier alpha value is -2.46. The van der Waals surface area contributed by atoms with Crippen LogP contribution in [-0.4, -0.2) is 4.92 Å². The first-order valence-corrected chi connectivity index (χ1v) is 6.12. The molecule has 20 heavy (non-hydrogen) atoms. The quantitative estimate of drug-likeness (QED) is 0.622. The monoisotopic (exact) mass is 336 g/mol. The number of nitriles is 1. The van der Waals surface area contributed by atoms with Gasteiger partial charge in [0, 0.05) is 6.07 Å². The molecule has 2 aromatic carbocycles. The molecule has 0 N–H and O–H groups in total. The summed E-state index contributed by atoms with van der Waals surface area (Å²) in [4.78, 5) is 10.3. The van der Waals surface area contributed by atoms with Crippen LogP contribution in [0.25, 0.3) is 0 Å². The molecule has 2 rings (SSSR count). The fraction of sp³-hybridized carbons (Fsp3) is 0. The van der Waals surface area contributed by atoms with Gasteiger partial charge >= 0.3 is 5.69 Å². The topological polar surface area (TPSA) is 76.2 Å². The first-order chi connectivity index (χ1) is 9.52. The standard InChI is InChI=1S/C13H6BrFN2O3/c14-10-5-4-9(15)6-12(10)20-11-3-1-2-8(7-16)13(11)17(18)19/h1-6H. The minimum absolute atomic E-state index is 0.0863. The van der Waals surface area contributed by atoms with Crippen molar-refractivity contribution in [3.05, 3.63) is 62.4 Å². The molecule has 0 aliphatic carbocycles. The Morgan fingerprint density at radius 1 is 1.30 bits per heavy atom. The van der Waals surface area contributed by atoms with E-state index in [9.17, 15) is 14.5 Å². The second kappa shape index (κ2) is 5.67. The number of hydrogen-bond donors (Lipinski definition) is 0. The molecule has 100 valence electrons. The lowest BCUT2D eigenvalue weighted by molar-refractivity contribution is -0.385. The number of nitrogens with zero attached hydrogens (tertiary/aromatic N) is 2. The summed E-state index contributed by atoms with van der Waals surface area (Å²) in [6.45, 7) is 0. The summed E-state index contributed by atoms with van der Waals surface area (Å²) in [6.07, 6.45) is 0. The van der Waals surface area contributed by atoms with E-state index >= 15 is 0 Å². The van der Waals surface area contributed by atoms with E-state index in [0.29, 0.717) is 4.47 Å². The zero-order valence-corrected chi connectivity index (χ0v) is 11.4. The molecule has 0 spiro atoms. The lowest BCUT2D eigenvalue weighted by Crippen LogP contribution is -1.97. The SMILES string of the molecule is N#Cc1cccc(Oc2cc(F)ccc2Br)c1[N+](=O)[O-]. The molecule has 0 aliphatic rings. The van der Waals surface area contributed by atoms with E-state index in [1.807, 2.05) is 0 Å². The molecule has 0 heterocycles. The Balaban J connectivity index is 2.52. The van der Waals surface area contributed by atoms with Gasteiger partial charge in [0.15, 0.2) is 0 Å². The van der Waals surface area contributed by atoms with Crippen molar-refractivity contribution in [3.8, 4) is 17.6 Å². The van der Waals surface area contributed by atoms with E-state index in [1.165, 1.54) is 30.3 Å². The summed E-state index contributed by atoms with van der Waals surface area (Å²) in [5.41, 5.74) is -0.578. The maximum atomic E-state index is 13.2.